The molecular weight excluding hydrogens is 839 g/mol. The molecule has 6 aromatic carbocycles. The summed E-state index contributed by atoms with van der Waals surface area (Å²) in [5, 5.41) is 2.98. The summed E-state index contributed by atoms with van der Waals surface area (Å²) >= 11 is -5.59. The van der Waals surface area contributed by atoms with Crippen molar-refractivity contribution >= 4 is 52.3 Å². The van der Waals surface area contributed by atoms with Crippen LogP contribution in [0.1, 0.15) is 103 Å². The van der Waals surface area contributed by atoms with Gasteiger partial charge in [-0.25, -0.2) is 0 Å². The number of hydrogen-bond donors (Lipinski definition) is 0. The van der Waals surface area contributed by atoms with Crippen molar-refractivity contribution in [3.63, 3.8) is 0 Å². The first-order valence-corrected chi connectivity index (χ1v) is 33.4. The van der Waals surface area contributed by atoms with E-state index in [1.807, 2.05) is 0 Å². The Morgan fingerprint density at radius 2 is 0.983 bits per heavy atom. The number of fused-ring (bicyclic) bond motifs is 5. The molecule has 2 unspecified atom stereocenters. The third-order valence-corrected chi connectivity index (χ3v) is 36.6. The van der Waals surface area contributed by atoms with Crippen LogP contribution in [-0.4, -0.2) is 9.52 Å². The number of aryl methyl sites for hydroxylation is 6. The van der Waals surface area contributed by atoms with Crippen LogP contribution in [0.2, 0.25) is 0 Å². The Hall–Kier alpha value is -3.52. The molecule has 0 N–H and O–H groups in total. The molecule has 1 heterocycles. The molecule has 0 saturated heterocycles. The van der Waals surface area contributed by atoms with Gasteiger partial charge in [0.2, 0.25) is 0 Å². The Bertz CT molecular complexity index is 2570. The molecule has 0 aromatic heterocycles. The zero-order valence-corrected chi connectivity index (χ0v) is 40.8. The van der Waals surface area contributed by atoms with Crippen LogP contribution in [-0.2, 0) is 29.2 Å². The van der Waals surface area contributed by atoms with Gasteiger partial charge in [0.15, 0.2) is 0 Å². The van der Waals surface area contributed by atoms with E-state index in [0.29, 0.717) is 0 Å². The van der Waals surface area contributed by atoms with Crippen LogP contribution >= 0.6 is 17.0 Å². The molecule has 0 fully saturated rings. The fourth-order valence-electron chi connectivity index (χ4n) is 11.6. The van der Waals surface area contributed by atoms with E-state index in [0.717, 1.165) is 25.7 Å². The number of benzene rings is 6. The third kappa shape index (κ3) is 6.06. The molecular formula is C54H55Cl2SiZr. The summed E-state index contributed by atoms with van der Waals surface area (Å²) in [7, 11) is 17.8. The van der Waals surface area contributed by atoms with Gasteiger partial charge in [0.1, 0.15) is 0 Å². The molecule has 0 radical (unpaired) electrons. The van der Waals surface area contributed by atoms with Gasteiger partial charge in [0.25, 0.3) is 0 Å². The molecule has 1 aliphatic heterocycles. The quantitative estimate of drug-likeness (QED) is 0.127. The van der Waals surface area contributed by atoms with E-state index in [1.165, 1.54) is 114 Å². The predicted octanol–water partition coefficient (Wildman–Crippen LogP) is 13.2. The van der Waals surface area contributed by atoms with Crippen LogP contribution < -0.4 is 13.6 Å². The molecule has 2 aliphatic carbocycles. The zero-order chi connectivity index (χ0) is 40.7. The van der Waals surface area contributed by atoms with Gasteiger partial charge in [-0.05, 0) is 0 Å². The second-order valence-electron chi connectivity index (χ2n) is 17.5. The van der Waals surface area contributed by atoms with Crippen molar-refractivity contribution in [2.24, 2.45) is 0 Å². The van der Waals surface area contributed by atoms with Gasteiger partial charge in [-0.15, -0.1) is 0 Å². The van der Waals surface area contributed by atoms with E-state index < -0.39 is 25.9 Å². The molecule has 0 spiro atoms. The molecule has 0 saturated carbocycles. The van der Waals surface area contributed by atoms with E-state index in [-0.39, 0.29) is 7.25 Å². The first kappa shape index (κ1) is 39.9. The second-order valence-corrected chi connectivity index (χ2v) is 39.9. The molecule has 0 bridgehead atoms. The van der Waals surface area contributed by atoms with Crippen LogP contribution in [0, 0.1) is 27.7 Å². The average molecular weight is 894 g/mol. The molecule has 293 valence electrons. The van der Waals surface area contributed by atoms with Crippen LogP contribution in [0.5, 0.6) is 0 Å². The van der Waals surface area contributed by atoms with Crippen molar-refractivity contribution in [1.29, 1.82) is 0 Å². The van der Waals surface area contributed by atoms with E-state index in [9.17, 15) is 17.0 Å². The maximum absolute atomic E-state index is 9.32. The SMILES string of the molecule is CCC1=Cc2c(ccc(CC)c2-c2cc(C)cc(C)c2)[CH]1[Zr]([Cl])([Cl])([c]1cccc2c1[SiH2]c1ccccc1-2)[CH]1C(CC)=Cc2c1ccc(CC)c2-c1cc(C)cc(C)c1. The molecule has 2 atom stereocenters. The zero-order valence-electron chi connectivity index (χ0n) is 35.4. The minimum atomic E-state index is -5.59. The first-order chi connectivity index (χ1) is 27.9. The number of allylic oxidation sites excluding steroid dienone is 2. The molecule has 4 heteroatoms. The van der Waals surface area contributed by atoms with Crippen LogP contribution in [0.25, 0.3) is 45.5 Å². The fourth-order valence-corrected chi connectivity index (χ4v) is 39.8. The molecule has 0 amide bonds. The molecule has 6 aromatic rings. The summed E-state index contributed by atoms with van der Waals surface area (Å²) in [4.78, 5) is 0. The van der Waals surface area contributed by atoms with Gasteiger partial charge in [-0.1, -0.05) is 0 Å². The molecule has 0 nitrogen and oxygen atoms in total. The maximum atomic E-state index is 9.32. The minimum absolute atomic E-state index is 0.0778. The summed E-state index contributed by atoms with van der Waals surface area (Å²) < 4.78 is 1.15. The van der Waals surface area contributed by atoms with Crippen LogP contribution in [0.4, 0.5) is 0 Å². The monoisotopic (exact) mass is 891 g/mol. The van der Waals surface area contributed by atoms with Gasteiger partial charge in [-0.3, -0.25) is 0 Å². The van der Waals surface area contributed by atoms with E-state index >= 15 is 0 Å². The molecule has 58 heavy (non-hydrogen) atoms. The van der Waals surface area contributed by atoms with Gasteiger partial charge in [0.05, 0.1) is 0 Å². The Kier molecular flexibility index (Phi) is 10.2. The average Bonchev–Trinajstić information content (AvgIpc) is 3.91. The third-order valence-electron chi connectivity index (χ3n) is 13.8. The topological polar surface area (TPSA) is 0 Å². The first-order valence-electron chi connectivity index (χ1n) is 21.6. The summed E-state index contributed by atoms with van der Waals surface area (Å²) in [6.45, 7) is 18.1. The van der Waals surface area contributed by atoms with Gasteiger partial charge in [0, 0.05) is 0 Å². The number of rotatable bonds is 9. The van der Waals surface area contributed by atoms with Gasteiger partial charge < -0.3 is 0 Å². The van der Waals surface area contributed by atoms with Crippen LogP contribution in [0.15, 0.2) is 114 Å². The Labute approximate surface area is 357 Å². The van der Waals surface area contributed by atoms with Gasteiger partial charge >= 0.3 is 360 Å². The number of halogens is 2. The van der Waals surface area contributed by atoms with Crippen molar-refractivity contribution in [1.82, 2.24) is 0 Å². The van der Waals surface area contributed by atoms with Crippen molar-refractivity contribution in [2.75, 3.05) is 0 Å². The van der Waals surface area contributed by atoms with Gasteiger partial charge in [-0.2, -0.15) is 0 Å². The van der Waals surface area contributed by atoms with E-state index in [1.54, 1.807) is 0 Å². The second kappa shape index (κ2) is 14.9. The van der Waals surface area contributed by atoms with E-state index in [4.69, 9.17) is 0 Å². The number of hydrogen-bond acceptors (Lipinski definition) is 0. The van der Waals surface area contributed by atoms with Crippen LogP contribution in [0.3, 0.4) is 0 Å². The fraction of sp³-hybridized carbons (Fsp3) is 0.259. The van der Waals surface area contributed by atoms with Crippen molar-refractivity contribution in [3.05, 3.63) is 170 Å². The standard InChI is InChI=1S/2C21H23.C12H9Si.2ClH.Zr/c2*1-5-16-12-18-8-7-17(6-2)21(20(18)13-16)19-10-14(3)9-15(4)11-19;1-3-7-11-9(5-1)10-6-2-4-8-12(10)13-11;;;/h2*7-13H,5-6H2,1-4H3;1-7H,13H2;2*1H;/q;;;;;+2/p-2. The Morgan fingerprint density at radius 3 is 1.45 bits per heavy atom. The summed E-state index contributed by atoms with van der Waals surface area (Å²) in [6, 6.07) is 39.8. The molecule has 9 rings (SSSR count). The van der Waals surface area contributed by atoms with Crippen molar-refractivity contribution < 1.29 is 16.4 Å². The van der Waals surface area contributed by atoms with E-state index in [2.05, 4.69) is 171 Å². The predicted molar refractivity (Wildman–Crippen MR) is 255 cm³/mol. The van der Waals surface area contributed by atoms with Crippen molar-refractivity contribution in [2.45, 2.75) is 88.3 Å². The Balaban J connectivity index is 1.38. The summed E-state index contributed by atoms with van der Waals surface area (Å²) in [6.07, 6.45) is 8.79. The molecule has 3 aliphatic rings. The summed E-state index contributed by atoms with van der Waals surface area (Å²) in [5.41, 5.74) is 24.1. The normalized spacial score (nSPS) is 17.7. The van der Waals surface area contributed by atoms with Crippen molar-refractivity contribution in [3.8, 4) is 33.4 Å². The Morgan fingerprint density at radius 1 is 0.517 bits per heavy atom. The summed E-state index contributed by atoms with van der Waals surface area (Å²) in [5.74, 6) is 0.